The molecule has 4 nitrogen and oxygen atoms in total. The Balaban J connectivity index is 2.02. The normalized spacial score (nSPS) is 18.3. The van der Waals surface area contributed by atoms with Gasteiger partial charge in [-0.2, -0.15) is 0 Å². The number of halogens is 1. The molecule has 1 aliphatic heterocycles. The number of anilines is 1. The molecule has 1 aliphatic rings. The Morgan fingerprint density at radius 1 is 1.30 bits per heavy atom. The molecule has 0 bridgehead atoms. The average Bonchev–Trinajstić information content (AvgIpc) is 2.47. The van der Waals surface area contributed by atoms with Crippen LogP contribution in [-0.4, -0.2) is 56.4 Å². The Hall–Kier alpha value is -0.620. The highest BCUT2D eigenvalue weighted by Crippen LogP contribution is 2.28. The summed E-state index contributed by atoms with van der Waals surface area (Å²) in [5.74, 6) is 0. The molecule has 1 aromatic rings. The van der Waals surface area contributed by atoms with E-state index < -0.39 is 0 Å². The van der Waals surface area contributed by atoms with Crippen LogP contribution in [0.3, 0.4) is 0 Å². The van der Waals surface area contributed by atoms with E-state index in [1.165, 1.54) is 11.3 Å². The van der Waals surface area contributed by atoms with Gasteiger partial charge in [0.25, 0.3) is 0 Å². The molecule has 1 atom stereocenters. The van der Waals surface area contributed by atoms with E-state index in [0.29, 0.717) is 6.04 Å². The standard InChI is InChI=1S/C15H24BrN3O/c1-12(17-2)14-4-3-13(11-15(14)16)19-7-5-18(6-8-19)9-10-20/h3-4,11-12,17,20H,5-10H2,1-2H3. The number of aliphatic hydroxyl groups is 1. The van der Waals surface area contributed by atoms with Crippen molar-refractivity contribution in [3.8, 4) is 0 Å². The molecule has 2 N–H and O–H groups in total. The van der Waals surface area contributed by atoms with Gasteiger partial charge in [0, 0.05) is 48.9 Å². The molecular formula is C15H24BrN3O. The SMILES string of the molecule is CNC(C)c1ccc(N2CCN(CCO)CC2)cc1Br. The van der Waals surface area contributed by atoms with Crippen LogP contribution in [0.25, 0.3) is 0 Å². The van der Waals surface area contributed by atoms with Crippen molar-refractivity contribution in [1.29, 1.82) is 0 Å². The van der Waals surface area contributed by atoms with Crippen molar-refractivity contribution < 1.29 is 5.11 Å². The largest absolute Gasteiger partial charge is 0.395 e. The predicted octanol–water partition coefficient (Wildman–Crippen LogP) is 1.84. The lowest BCUT2D eigenvalue weighted by Crippen LogP contribution is -2.47. The minimum absolute atomic E-state index is 0.252. The van der Waals surface area contributed by atoms with Gasteiger partial charge in [-0.25, -0.2) is 0 Å². The van der Waals surface area contributed by atoms with Gasteiger partial charge in [0.1, 0.15) is 0 Å². The lowest BCUT2D eigenvalue weighted by atomic mass is 10.1. The van der Waals surface area contributed by atoms with Crippen LogP contribution in [0, 0.1) is 0 Å². The predicted molar refractivity (Wildman–Crippen MR) is 87.4 cm³/mol. The monoisotopic (exact) mass is 341 g/mol. The van der Waals surface area contributed by atoms with Crippen LogP contribution < -0.4 is 10.2 Å². The van der Waals surface area contributed by atoms with Crippen molar-refractivity contribution in [1.82, 2.24) is 10.2 Å². The van der Waals surface area contributed by atoms with E-state index >= 15 is 0 Å². The van der Waals surface area contributed by atoms with Gasteiger partial charge in [0.05, 0.1) is 6.61 Å². The molecule has 0 aromatic heterocycles. The number of rotatable bonds is 5. The van der Waals surface area contributed by atoms with E-state index in [4.69, 9.17) is 5.11 Å². The Labute approximate surface area is 129 Å². The number of nitrogens with one attached hydrogen (secondary N) is 1. The number of β-amino-alcohol motifs (C(OH)–C–C–N with tert-alkyl or cyclic N) is 1. The summed E-state index contributed by atoms with van der Waals surface area (Å²) in [5.41, 5.74) is 2.56. The van der Waals surface area contributed by atoms with Crippen LogP contribution in [0.2, 0.25) is 0 Å². The first-order chi connectivity index (χ1) is 9.65. The molecule has 1 unspecified atom stereocenters. The van der Waals surface area contributed by atoms with Crippen molar-refractivity contribution in [2.24, 2.45) is 0 Å². The third-order valence-corrected chi connectivity index (χ3v) is 4.72. The zero-order chi connectivity index (χ0) is 14.5. The molecule has 2 rings (SSSR count). The van der Waals surface area contributed by atoms with Crippen LogP contribution >= 0.6 is 15.9 Å². The summed E-state index contributed by atoms with van der Waals surface area (Å²) in [6, 6.07) is 6.96. The summed E-state index contributed by atoms with van der Waals surface area (Å²) in [6.45, 7) is 7.28. The van der Waals surface area contributed by atoms with Gasteiger partial charge in [-0.15, -0.1) is 0 Å². The molecule has 1 saturated heterocycles. The zero-order valence-corrected chi connectivity index (χ0v) is 13.9. The number of nitrogens with zero attached hydrogens (tertiary/aromatic N) is 2. The van der Waals surface area contributed by atoms with Gasteiger partial charge in [0.2, 0.25) is 0 Å². The van der Waals surface area contributed by atoms with E-state index in [0.717, 1.165) is 37.2 Å². The molecule has 1 fully saturated rings. The van der Waals surface area contributed by atoms with Crippen LogP contribution in [0.15, 0.2) is 22.7 Å². The summed E-state index contributed by atoms with van der Waals surface area (Å²) >= 11 is 3.68. The molecule has 0 radical (unpaired) electrons. The van der Waals surface area contributed by atoms with Crippen LogP contribution in [0.1, 0.15) is 18.5 Å². The second-order valence-electron chi connectivity index (χ2n) is 5.27. The van der Waals surface area contributed by atoms with Gasteiger partial charge in [0.15, 0.2) is 0 Å². The third kappa shape index (κ3) is 3.73. The number of aliphatic hydroxyl groups excluding tert-OH is 1. The van der Waals surface area contributed by atoms with Crippen molar-refractivity contribution in [2.75, 3.05) is 51.3 Å². The number of piperazine rings is 1. The third-order valence-electron chi connectivity index (χ3n) is 4.04. The Kier molecular flexibility index (Phi) is 5.84. The quantitative estimate of drug-likeness (QED) is 0.857. The van der Waals surface area contributed by atoms with E-state index in [9.17, 15) is 0 Å². The fourth-order valence-electron chi connectivity index (χ4n) is 2.59. The zero-order valence-electron chi connectivity index (χ0n) is 12.3. The first kappa shape index (κ1) is 15.8. The Morgan fingerprint density at radius 3 is 2.55 bits per heavy atom. The van der Waals surface area contributed by atoms with E-state index in [1.54, 1.807) is 0 Å². The molecule has 112 valence electrons. The van der Waals surface area contributed by atoms with Crippen molar-refractivity contribution in [3.63, 3.8) is 0 Å². The fourth-order valence-corrected chi connectivity index (χ4v) is 3.30. The fraction of sp³-hybridized carbons (Fsp3) is 0.600. The molecule has 0 saturated carbocycles. The maximum Gasteiger partial charge on any atom is 0.0558 e. The smallest absolute Gasteiger partial charge is 0.0558 e. The number of benzene rings is 1. The van der Waals surface area contributed by atoms with Gasteiger partial charge < -0.3 is 15.3 Å². The lowest BCUT2D eigenvalue weighted by molar-refractivity contribution is 0.189. The molecule has 0 amide bonds. The van der Waals surface area contributed by atoms with Crippen molar-refractivity contribution in [3.05, 3.63) is 28.2 Å². The topological polar surface area (TPSA) is 38.7 Å². The van der Waals surface area contributed by atoms with Crippen molar-refractivity contribution in [2.45, 2.75) is 13.0 Å². The van der Waals surface area contributed by atoms with Crippen LogP contribution in [0.5, 0.6) is 0 Å². The number of hydrogen-bond donors (Lipinski definition) is 2. The molecule has 1 heterocycles. The van der Waals surface area contributed by atoms with E-state index in [1.807, 2.05) is 7.05 Å². The second kappa shape index (κ2) is 7.41. The highest BCUT2D eigenvalue weighted by molar-refractivity contribution is 9.10. The summed E-state index contributed by atoms with van der Waals surface area (Å²) in [7, 11) is 1.98. The molecule has 0 aliphatic carbocycles. The minimum Gasteiger partial charge on any atom is -0.395 e. The molecule has 1 aromatic carbocycles. The van der Waals surface area contributed by atoms with Gasteiger partial charge in [-0.1, -0.05) is 22.0 Å². The summed E-state index contributed by atoms with van der Waals surface area (Å²) in [6.07, 6.45) is 0. The maximum atomic E-state index is 8.98. The first-order valence-electron chi connectivity index (χ1n) is 7.20. The molecule has 20 heavy (non-hydrogen) atoms. The van der Waals surface area contributed by atoms with Gasteiger partial charge in [-0.05, 0) is 31.7 Å². The Morgan fingerprint density at radius 2 is 2.00 bits per heavy atom. The van der Waals surface area contributed by atoms with Crippen molar-refractivity contribution >= 4 is 21.6 Å². The average molecular weight is 342 g/mol. The summed E-state index contributed by atoms with van der Waals surface area (Å²) in [5, 5.41) is 12.2. The summed E-state index contributed by atoms with van der Waals surface area (Å²) in [4.78, 5) is 4.72. The molecular weight excluding hydrogens is 318 g/mol. The lowest BCUT2D eigenvalue weighted by Gasteiger charge is -2.36. The van der Waals surface area contributed by atoms with Crippen LogP contribution in [-0.2, 0) is 0 Å². The van der Waals surface area contributed by atoms with Gasteiger partial charge >= 0.3 is 0 Å². The molecule has 5 heteroatoms. The van der Waals surface area contributed by atoms with Gasteiger partial charge in [-0.3, -0.25) is 4.90 Å². The highest BCUT2D eigenvalue weighted by Gasteiger charge is 2.17. The minimum atomic E-state index is 0.252. The summed E-state index contributed by atoms with van der Waals surface area (Å²) < 4.78 is 1.16. The van der Waals surface area contributed by atoms with Crippen LogP contribution in [0.4, 0.5) is 5.69 Å². The van der Waals surface area contributed by atoms with E-state index in [2.05, 4.69) is 56.2 Å². The van der Waals surface area contributed by atoms with E-state index in [-0.39, 0.29) is 6.61 Å². The number of hydrogen-bond acceptors (Lipinski definition) is 4. The Bertz CT molecular complexity index is 433. The second-order valence-corrected chi connectivity index (χ2v) is 6.12. The first-order valence-corrected chi connectivity index (χ1v) is 8.00. The maximum absolute atomic E-state index is 8.98. The highest BCUT2D eigenvalue weighted by atomic mass is 79.9. The molecule has 0 spiro atoms.